The van der Waals surface area contributed by atoms with Gasteiger partial charge in [0.2, 0.25) is 0 Å². The lowest BCUT2D eigenvalue weighted by Gasteiger charge is -2.13. The van der Waals surface area contributed by atoms with E-state index in [2.05, 4.69) is 10.3 Å². The summed E-state index contributed by atoms with van der Waals surface area (Å²) in [5, 5.41) is 4.96. The Morgan fingerprint density at radius 3 is 2.59 bits per heavy atom. The first-order valence-corrected chi connectivity index (χ1v) is 10.1. The molecule has 0 unspecified atom stereocenters. The van der Waals surface area contributed by atoms with Crippen LogP contribution in [0.2, 0.25) is 0 Å². The molecular formula is C22H21FN2O3S. The first-order chi connectivity index (χ1) is 14.0. The molecule has 1 N–H and O–H groups in total. The van der Waals surface area contributed by atoms with Crippen molar-refractivity contribution in [2.75, 3.05) is 6.61 Å². The first-order valence-electron chi connectivity index (χ1n) is 9.23. The van der Waals surface area contributed by atoms with Gasteiger partial charge in [0.1, 0.15) is 10.8 Å². The van der Waals surface area contributed by atoms with E-state index in [4.69, 9.17) is 4.74 Å². The zero-order chi connectivity index (χ0) is 20.6. The highest BCUT2D eigenvalue weighted by molar-refractivity contribution is 7.13. The van der Waals surface area contributed by atoms with Crippen LogP contribution < -0.4 is 5.32 Å². The van der Waals surface area contributed by atoms with Gasteiger partial charge in [-0.1, -0.05) is 30.3 Å². The molecule has 0 radical (unpaired) electrons. The number of thiazole rings is 1. The van der Waals surface area contributed by atoms with E-state index in [9.17, 15) is 14.0 Å². The Morgan fingerprint density at radius 2 is 1.86 bits per heavy atom. The van der Waals surface area contributed by atoms with Crippen LogP contribution in [0.1, 0.15) is 29.4 Å². The number of carbonyl (C=O) groups is 2. The maximum atomic E-state index is 13.0. The average molecular weight is 412 g/mol. The van der Waals surface area contributed by atoms with Gasteiger partial charge in [0.25, 0.3) is 5.91 Å². The number of esters is 1. The van der Waals surface area contributed by atoms with Crippen molar-refractivity contribution in [3.8, 4) is 10.6 Å². The summed E-state index contributed by atoms with van der Waals surface area (Å²) in [6.45, 7) is 1.55. The van der Waals surface area contributed by atoms with Gasteiger partial charge in [0.15, 0.2) is 12.3 Å². The van der Waals surface area contributed by atoms with Crippen molar-refractivity contribution < 1.29 is 18.7 Å². The summed E-state index contributed by atoms with van der Waals surface area (Å²) < 4.78 is 18.1. The maximum Gasteiger partial charge on any atom is 0.358 e. The summed E-state index contributed by atoms with van der Waals surface area (Å²) >= 11 is 1.25. The van der Waals surface area contributed by atoms with Crippen LogP contribution in [0.4, 0.5) is 4.39 Å². The quantitative estimate of drug-likeness (QED) is 0.562. The van der Waals surface area contributed by atoms with Crippen LogP contribution in [0.15, 0.2) is 60.0 Å². The van der Waals surface area contributed by atoms with Crippen molar-refractivity contribution in [1.82, 2.24) is 10.3 Å². The zero-order valence-electron chi connectivity index (χ0n) is 15.9. The van der Waals surface area contributed by atoms with Crippen molar-refractivity contribution in [2.24, 2.45) is 0 Å². The Hall–Kier alpha value is -3.06. The van der Waals surface area contributed by atoms with E-state index in [0.29, 0.717) is 10.6 Å². The van der Waals surface area contributed by atoms with Gasteiger partial charge in [0, 0.05) is 17.0 Å². The molecule has 3 aromatic rings. The molecule has 0 spiro atoms. The summed E-state index contributed by atoms with van der Waals surface area (Å²) in [7, 11) is 0. The number of halogens is 1. The lowest BCUT2D eigenvalue weighted by atomic mass is 10.1. The van der Waals surface area contributed by atoms with Crippen LogP contribution in [0.25, 0.3) is 10.6 Å². The highest BCUT2D eigenvalue weighted by Gasteiger charge is 2.16. The van der Waals surface area contributed by atoms with Crippen LogP contribution in [-0.4, -0.2) is 29.5 Å². The van der Waals surface area contributed by atoms with Gasteiger partial charge in [-0.15, -0.1) is 11.3 Å². The van der Waals surface area contributed by atoms with E-state index in [1.54, 1.807) is 17.5 Å². The molecule has 2 aromatic carbocycles. The Labute approximate surface area is 172 Å². The van der Waals surface area contributed by atoms with E-state index in [-0.39, 0.29) is 30.1 Å². The van der Waals surface area contributed by atoms with Gasteiger partial charge in [-0.3, -0.25) is 4.79 Å². The number of aromatic nitrogens is 1. The summed E-state index contributed by atoms with van der Waals surface area (Å²) in [6.07, 6.45) is 1.64. The fourth-order valence-electron chi connectivity index (χ4n) is 2.71. The lowest BCUT2D eigenvalue weighted by molar-refractivity contribution is -0.124. The summed E-state index contributed by atoms with van der Waals surface area (Å²) in [4.78, 5) is 28.3. The van der Waals surface area contributed by atoms with E-state index in [1.807, 2.05) is 37.3 Å². The van der Waals surface area contributed by atoms with Crippen molar-refractivity contribution in [3.05, 3.63) is 77.1 Å². The van der Waals surface area contributed by atoms with E-state index < -0.39 is 5.97 Å². The fourth-order valence-corrected chi connectivity index (χ4v) is 3.51. The highest BCUT2D eigenvalue weighted by Crippen LogP contribution is 2.24. The van der Waals surface area contributed by atoms with Crippen LogP contribution in [0.5, 0.6) is 0 Å². The monoisotopic (exact) mass is 412 g/mol. The molecular weight excluding hydrogens is 391 g/mol. The molecule has 0 aliphatic heterocycles. The minimum absolute atomic E-state index is 0.0363. The minimum Gasteiger partial charge on any atom is -0.451 e. The summed E-state index contributed by atoms with van der Waals surface area (Å²) in [6, 6.07) is 15.8. The van der Waals surface area contributed by atoms with Crippen LogP contribution >= 0.6 is 11.3 Å². The highest BCUT2D eigenvalue weighted by atomic mass is 32.1. The fraction of sp³-hybridized carbons (Fsp3) is 0.227. The summed E-state index contributed by atoms with van der Waals surface area (Å²) in [5.41, 5.74) is 2.04. The molecule has 0 fully saturated rings. The molecule has 150 valence electrons. The first kappa shape index (κ1) is 20.7. The molecule has 0 saturated carbocycles. The average Bonchev–Trinajstić information content (AvgIpc) is 3.22. The molecule has 3 rings (SSSR count). The minimum atomic E-state index is -0.665. The summed E-state index contributed by atoms with van der Waals surface area (Å²) in [5.74, 6) is -1.36. The maximum absolute atomic E-state index is 13.0. The predicted octanol–water partition coefficient (Wildman–Crippen LogP) is 4.24. The second-order valence-corrected chi connectivity index (χ2v) is 7.47. The van der Waals surface area contributed by atoms with Gasteiger partial charge in [-0.05, 0) is 49.6 Å². The number of amides is 1. The second kappa shape index (κ2) is 9.93. The third-order valence-electron chi connectivity index (χ3n) is 4.26. The molecule has 0 saturated heterocycles. The number of hydrogen-bond donors (Lipinski definition) is 1. The lowest BCUT2D eigenvalue weighted by Crippen LogP contribution is -2.36. The number of rotatable bonds is 8. The van der Waals surface area contributed by atoms with Gasteiger partial charge >= 0.3 is 5.97 Å². The SMILES string of the molecule is C[C@@H](CCc1ccccc1)NC(=O)COC(=O)c1csc(-c2ccc(F)cc2)n1. The standard InChI is InChI=1S/C22H21FN2O3S/c1-15(7-8-16-5-3-2-4-6-16)24-20(26)13-28-22(27)19-14-29-21(25-19)17-9-11-18(23)12-10-17/h2-6,9-12,14-15H,7-8,13H2,1H3,(H,24,26)/t15-/m0/s1. The van der Waals surface area contributed by atoms with Crippen molar-refractivity contribution >= 4 is 23.2 Å². The van der Waals surface area contributed by atoms with Crippen molar-refractivity contribution in [1.29, 1.82) is 0 Å². The molecule has 5 nitrogen and oxygen atoms in total. The third kappa shape index (κ3) is 6.22. The molecule has 1 atom stereocenters. The predicted molar refractivity (Wildman–Crippen MR) is 110 cm³/mol. The van der Waals surface area contributed by atoms with Gasteiger partial charge < -0.3 is 10.1 Å². The van der Waals surface area contributed by atoms with Crippen molar-refractivity contribution in [2.45, 2.75) is 25.8 Å². The largest absolute Gasteiger partial charge is 0.451 e. The molecule has 1 heterocycles. The molecule has 0 bridgehead atoms. The molecule has 1 aromatic heterocycles. The number of carbonyl (C=O) groups excluding carboxylic acids is 2. The Balaban J connectivity index is 1.44. The zero-order valence-corrected chi connectivity index (χ0v) is 16.7. The molecule has 29 heavy (non-hydrogen) atoms. The van der Waals surface area contributed by atoms with E-state index in [0.717, 1.165) is 12.8 Å². The third-order valence-corrected chi connectivity index (χ3v) is 5.15. The molecule has 0 aliphatic rings. The molecule has 7 heteroatoms. The van der Waals surface area contributed by atoms with Gasteiger partial charge in [0.05, 0.1) is 0 Å². The number of hydrogen-bond acceptors (Lipinski definition) is 5. The number of aryl methyl sites for hydroxylation is 1. The number of benzene rings is 2. The Kier molecular flexibility index (Phi) is 7.08. The van der Waals surface area contributed by atoms with Gasteiger partial charge in [-0.2, -0.15) is 0 Å². The molecule has 1 amide bonds. The van der Waals surface area contributed by atoms with Crippen LogP contribution in [0.3, 0.4) is 0 Å². The normalized spacial score (nSPS) is 11.7. The second-order valence-electron chi connectivity index (χ2n) is 6.61. The number of nitrogens with one attached hydrogen (secondary N) is 1. The van der Waals surface area contributed by atoms with E-state index >= 15 is 0 Å². The smallest absolute Gasteiger partial charge is 0.358 e. The topological polar surface area (TPSA) is 68.3 Å². The number of ether oxygens (including phenoxy) is 1. The molecule has 0 aliphatic carbocycles. The van der Waals surface area contributed by atoms with Gasteiger partial charge in [-0.25, -0.2) is 14.2 Å². The Bertz CT molecular complexity index is 958. The van der Waals surface area contributed by atoms with Crippen LogP contribution in [-0.2, 0) is 16.0 Å². The van der Waals surface area contributed by atoms with E-state index in [1.165, 1.54) is 29.0 Å². The van der Waals surface area contributed by atoms with Crippen LogP contribution in [0, 0.1) is 5.82 Å². The van der Waals surface area contributed by atoms with Crippen molar-refractivity contribution in [3.63, 3.8) is 0 Å². The number of nitrogens with zero attached hydrogens (tertiary/aromatic N) is 1. The Morgan fingerprint density at radius 1 is 1.14 bits per heavy atom.